The molecule has 0 N–H and O–H groups in total. The van der Waals surface area contributed by atoms with Gasteiger partial charge in [-0.25, -0.2) is 9.97 Å². The number of amides is 2. The SMILES string of the molecule is CC(=O)N(c1ccc(Cl)cc1)[C@@H]1C[C@H](C)N(C(=O)c2cnc(C)nc2)c2ccccc21. The molecular weight excluding hydrogens is 412 g/mol. The van der Waals surface area contributed by atoms with E-state index in [-0.39, 0.29) is 23.9 Å². The smallest absolute Gasteiger partial charge is 0.261 e. The molecule has 0 bridgehead atoms. The Morgan fingerprint density at radius 3 is 2.35 bits per heavy atom. The second-order valence-corrected chi connectivity index (χ2v) is 8.16. The normalized spacial score (nSPS) is 17.7. The summed E-state index contributed by atoms with van der Waals surface area (Å²) < 4.78 is 0. The van der Waals surface area contributed by atoms with Crippen LogP contribution in [0.2, 0.25) is 5.02 Å². The highest BCUT2D eigenvalue weighted by Gasteiger charge is 2.38. The fourth-order valence-electron chi connectivity index (χ4n) is 4.16. The Morgan fingerprint density at radius 2 is 1.71 bits per heavy atom. The Kier molecular flexibility index (Phi) is 5.74. The number of benzene rings is 2. The quantitative estimate of drug-likeness (QED) is 0.583. The molecule has 0 spiro atoms. The Labute approximate surface area is 186 Å². The highest BCUT2D eigenvalue weighted by Crippen LogP contribution is 2.42. The summed E-state index contributed by atoms with van der Waals surface area (Å²) in [7, 11) is 0. The topological polar surface area (TPSA) is 66.4 Å². The van der Waals surface area contributed by atoms with Gasteiger partial charge in [0.2, 0.25) is 5.91 Å². The third-order valence-electron chi connectivity index (χ3n) is 5.56. The Bertz CT molecular complexity index is 1120. The molecule has 0 saturated heterocycles. The van der Waals surface area contributed by atoms with E-state index in [1.54, 1.807) is 48.2 Å². The second kappa shape index (κ2) is 8.47. The molecule has 0 saturated carbocycles. The minimum absolute atomic E-state index is 0.0685. The van der Waals surface area contributed by atoms with Crippen LogP contribution in [0.4, 0.5) is 11.4 Å². The minimum atomic E-state index is -0.205. The summed E-state index contributed by atoms with van der Waals surface area (Å²) in [6, 6.07) is 14.6. The number of para-hydroxylation sites is 1. The van der Waals surface area contributed by atoms with Crippen LogP contribution in [0, 0.1) is 6.92 Å². The molecule has 4 rings (SSSR count). The van der Waals surface area contributed by atoms with Crippen molar-refractivity contribution < 1.29 is 9.59 Å². The lowest BCUT2D eigenvalue weighted by Crippen LogP contribution is -2.47. The number of fused-ring (bicyclic) bond motifs is 1. The number of rotatable bonds is 3. The number of aromatic nitrogens is 2. The van der Waals surface area contributed by atoms with Gasteiger partial charge in [-0.1, -0.05) is 29.8 Å². The van der Waals surface area contributed by atoms with Crippen molar-refractivity contribution in [3.05, 3.63) is 82.9 Å². The van der Waals surface area contributed by atoms with E-state index in [1.165, 1.54) is 0 Å². The summed E-state index contributed by atoms with van der Waals surface area (Å²) in [5.41, 5.74) is 2.92. The van der Waals surface area contributed by atoms with E-state index < -0.39 is 0 Å². The summed E-state index contributed by atoms with van der Waals surface area (Å²) in [5, 5.41) is 0.613. The first-order chi connectivity index (χ1) is 14.9. The highest BCUT2D eigenvalue weighted by atomic mass is 35.5. The number of nitrogens with zero attached hydrogens (tertiary/aromatic N) is 4. The fourth-order valence-corrected chi connectivity index (χ4v) is 4.29. The van der Waals surface area contributed by atoms with Gasteiger partial charge in [0.25, 0.3) is 5.91 Å². The van der Waals surface area contributed by atoms with Crippen LogP contribution in [0.25, 0.3) is 0 Å². The molecule has 31 heavy (non-hydrogen) atoms. The number of hydrogen-bond donors (Lipinski definition) is 0. The van der Waals surface area contributed by atoms with E-state index in [0.29, 0.717) is 22.8 Å². The van der Waals surface area contributed by atoms with E-state index >= 15 is 0 Å². The number of carbonyl (C=O) groups excluding carboxylic acids is 2. The predicted molar refractivity (Wildman–Crippen MR) is 121 cm³/mol. The van der Waals surface area contributed by atoms with Gasteiger partial charge in [0.1, 0.15) is 5.82 Å². The van der Waals surface area contributed by atoms with Crippen LogP contribution in [0.5, 0.6) is 0 Å². The molecule has 0 fully saturated rings. The summed E-state index contributed by atoms with van der Waals surface area (Å²) in [4.78, 5) is 38.0. The van der Waals surface area contributed by atoms with E-state index in [2.05, 4.69) is 9.97 Å². The summed E-state index contributed by atoms with van der Waals surface area (Å²) in [5.74, 6) is 0.393. The molecule has 1 aliphatic rings. The van der Waals surface area contributed by atoms with Crippen molar-refractivity contribution in [2.45, 2.75) is 39.3 Å². The lowest BCUT2D eigenvalue weighted by molar-refractivity contribution is -0.117. The number of anilines is 2. The van der Waals surface area contributed by atoms with Gasteiger partial charge >= 0.3 is 0 Å². The Morgan fingerprint density at radius 1 is 1.06 bits per heavy atom. The molecule has 0 aliphatic carbocycles. The molecule has 2 atom stereocenters. The molecular formula is C24H23ClN4O2. The second-order valence-electron chi connectivity index (χ2n) is 7.72. The van der Waals surface area contributed by atoms with Crippen molar-refractivity contribution in [3.63, 3.8) is 0 Å². The van der Waals surface area contributed by atoms with Gasteiger partial charge in [-0.2, -0.15) is 0 Å². The number of halogens is 1. The van der Waals surface area contributed by atoms with Crippen molar-refractivity contribution in [2.24, 2.45) is 0 Å². The lowest BCUT2D eigenvalue weighted by Gasteiger charge is -2.43. The minimum Gasteiger partial charge on any atom is -0.305 e. The first-order valence-electron chi connectivity index (χ1n) is 10.1. The molecule has 2 heterocycles. The maximum atomic E-state index is 13.4. The Hall–Kier alpha value is -3.25. The summed E-state index contributed by atoms with van der Waals surface area (Å²) >= 11 is 6.05. The van der Waals surface area contributed by atoms with Gasteiger partial charge in [0.05, 0.1) is 11.6 Å². The average Bonchev–Trinajstić information content (AvgIpc) is 2.75. The molecule has 2 aromatic carbocycles. The molecule has 2 amide bonds. The molecule has 3 aromatic rings. The maximum absolute atomic E-state index is 13.4. The third-order valence-corrected chi connectivity index (χ3v) is 5.81. The van der Waals surface area contributed by atoms with Crippen LogP contribution < -0.4 is 9.80 Å². The molecule has 0 unspecified atom stereocenters. The zero-order valence-electron chi connectivity index (χ0n) is 17.6. The van der Waals surface area contributed by atoms with Gasteiger partial charge in [-0.3, -0.25) is 9.59 Å². The van der Waals surface area contributed by atoms with Crippen LogP contribution in [0.15, 0.2) is 60.9 Å². The molecule has 0 radical (unpaired) electrons. The molecule has 158 valence electrons. The van der Waals surface area contributed by atoms with Crippen molar-refractivity contribution in [2.75, 3.05) is 9.80 Å². The average molecular weight is 435 g/mol. The largest absolute Gasteiger partial charge is 0.305 e. The zero-order chi connectivity index (χ0) is 22.1. The van der Waals surface area contributed by atoms with Gasteiger partial charge in [-0.15, -0.1) is 0 Å². The monoisotopic (exact) mass is 434 g/mol. The van der Waals surface area contributed by atoms with E-state index in [1.807, 2.05) is 43.3 Å². The summed E-state index contributed by atoms with van der Waals surface area (Å²) in [6.45, 7) is 5.34. The molecule has 1 aromatic heterocycles. The van der Waals surface area contributed by atoms with Crippen molar-refractivity contribution in [1.29, 1.82) is 0 Å². The van der Waals surface area contributed by atoms with E-state index in [4.69, 9.17) is 11.6 Å². The van der Waals surface area contributed by atoms with Crippen molar-refractivity contribution in [3.8, 4) is 0 Å². The van der Waals surface area contributed by atoms with Crippen molar-refractivity contribution in [1.82, 2.24) is 9.97 Å². The number of hydrogen-bond acceptors (Lipinski definition) is 4. The van der Waals surface area contributed by atoms with Gasteiger partial charge in [0, 0.05) is 41.8 Å². The Balaban J connectivity index is 1.77. The van der Waals surface area contributed by atoms with Crippen LogP contribution in [0.1, 0.15) is 48.1 Å². The molecule has 7 heteroatoms. The standard InChI is InChI=1S/C24H23ClN4O2/c1-15-12-23(29(17(3)30)20-10-8-19(25)9-11-20)21-6-4-5-7-22(21)28(15)24(31)18-13-26-16(2)27-14-18/h4-11,13-15,23H,12H2,1-3H3/t15-,23+/m0/s1. The third kappa shape index (κ3) is 4.03. The summed E-state index contributed by atoms with van der Waals surface area (Å²) in [6.07, 6.45) is 3.71. The van der Waals surface area contributed by atoms with Gasteiger partial charge < -0.3 is 9.80 Å². The lowest BCUT2D eigenvalue weighted by atomic mass is 9.89. The van der Waals surface area contributed by atoms with Crippen LogP contribution in [-0.2, 0) is 4.79 Å². The molecule has 1 aliphatic heterocycles. The van der Waals surface area contributed by atoms with Crippen LogP contribution in [0.3, 0.4) is 0 Å². The van der Waals surface area contributed by atoms with E-state index in [0.717, 1.165) is 16.9 Å². The first kappa shape index (κ1) is 21.0. The zero-order valence-corrected chi connectivity index (χ0v) is 18.4. The highest BCUT2D eigenvalue weighted by molar-refractivity contribution is 6.30. The van der Waals surface area contributed by atoms with Crippen LogP contribution >= 0.6 is 11.6 Å². The maximum Gasteiger partial charge on any atom is 0.261 e. The predicted octanol–water partition coefficient (Wildman–Crippen LogP) is 4.97. The fraction of sp³-hybridized carbons (Fsp3) is 0.250. The first-order valence-corrected chi connectivity index (χ1v) is 10.5. The van der Waals surface area contributed by atoms with E-state index in [9.17, 15) is 9.59 Å². The van der Waals surface area contributed by atoms with Crippen LogP contribution in [-0.4, -0.2) is 27.8 Å². The van der Waals surface area contributed by atoms with Gasteiger partial charge in [-0.05, 0) is 56.2 Å². The number of carbonyl (C=O) groups is 2. The van der Waals surface area contributed by atoms with Gasteiger partial charge in [0.15, 0.2) is 0 Å². The number of aryl methyl sites for hydroxylation is 1. The molecule has 6 nitrogen and oxygen atoms in total. The van der Waals surface area contributed by atoms with Crippen molar-refractivity contribution >= 4 is 34.8 Å².